The van der Waals surface area contributed by atoms with Crippen LogP contribution >= 0.6 is 0 Å². The summed E-state index contributed by atoms with van der Waals surface area (Å²) in [6.45, 7) is 1.72. The number of phenolic OH excluding ortho intramolecular Hbond substituents is 2. The molecule has 0 spiro atoms. The Morgan fingerprint density at radius 3 is 2.59 bits per heavy atom. The number of rotatable bonds is 6. The van der Waals surface area contributed by atoms with Gasteiger partial charge in [-0.15, -0.1) is 0 Å². The summed E-state index contributed by atoms with van der Waals surface area (Å²) in [6, 6.07) is 14.1. The van der Waals surface area contributed by atoms with Crippen molar-refractivity contribution in [1.82, 2.24) is 15.2 Å². The Balaban J connectivity index is 1.85. The van der Waals surface area contributed by atoms with Crippen LogP contribution in [0.15, 0.2) is 59.7 Å². The van der Waals surface area contributed by atoms with Gasteiger partial charge in [0.25, 0.3) is 5.91 Å². The van der Waals surface area contributed by atoms with Crippen LogP contribution in [-0.2, 0) is 6.54 Å². The number of carbonyl (C=O) groups excluding carboxylic acids is 1. The number of amides is 1. The zero-order chi connectivity index (χ0) is 21.0. The molecule has 0 radical (unpaired) electrons. The lowest BCUT2D eigenvalue weighted by atomic mass is 10.1. The molecule has 0 saturated carbocycles. The molecule has 0 atom stereocenters. The van der Waals surface area contributed by atoms with Gasteiger partial charge in [-0.05, 0) is 29.5 Å². The highest BCUT2D eigenvalue weighted by Crippen LogP contribution is 2.23. The third-order valence-corrected chi connectivity index (χ3v) is 4.06. The predicted octanol–water partition coefficient (Wildman–Crippen LogP) is 2.40. The van der Waals surface area contributed by atoms with Gasteiger partial charge in [-0.25, -0.2) is 5.43 Å². The second-order valence-corrected chi connectivity index (χ2v) is 6.13. The van der Waals surface area contributed by atoms with Crippen molar-refractivity contribution in [2.45, 2.75) is 13.5 Å². The van der Waals surface area contributed by atoms with Crippen LogP contribution in [0, 0.1) is 10.1 Å². The summed E-state index contributed by atoms with van der Waals surface area (Å²) in [7, 11) is 0. The fourth-order valence-electron chi connectivity index (χ4n) is 2.63. The van der Waals surface area contributed by atoms with E-state index in [1.54, 1.807) is 6.92 Å². The first-order chi connectivity index (χ1) is 13.8. The highest BCUT2D eigenvalue weighted by Gasteiger charge is 2.23. The molecule has 0 aliphatic rings. The Hall–Kier alpha value is -4.21. The third kappa shape index (κ3) is 4.56. The Morgan fingerprint density at radius 1 is 1.21 bits per heavy atom. The average Bonchev–Trinajstić information content (AvgIpc) is 3.11. The number of hydrogen-bond donors (Lipinski definition) is 3. The Bertz CT molecular complexity index is 1090. The van der Waals surface area contributed by atoms with Crippen LogP contribution < -0.4 is 5.43 Å². The van der Waals surface area contributed by atoms with Gasteiger partial charge in [0.1, 0.15) is 11.5 Å². The number of hydrogen-bond acceptors (Lipinski definition) is 7. The van der Waals surface area contributed by atoms with Crippen LogP contribution in [0.1, 0.15) is 28.5 Å². The Kier molecular flexibility index (Phi) is 5.54. The number of carbonyl (C=O) groups is 1. The first-order valence-corrected chi connectivity index (χ1v) is 8.48. The number of benzene rings is 2. The molecule has 3 rings (SSSR count). The molecule has 148 valence electrons. The molecule has 1 aromatic heterocycles. The highest BCUT2D eigenvalue weighted by molar-refractivity contribution is 6.02. The number of nitrogens with one attached hydrogen (secondary N) is 1. The minimum absolute atomic E-state index is 0.0352. The van der Waals surface area contributed by atoms with E-state index < -0.39 is 16.6 Å². The van der Waals surface area contributed by atoms with Gasteiger partial charge in [0.15, 0.2) is 5.69 Å². The van der Waals surface area contributed by atoms with E-state index in [1.165, 1.54) is 16.8 Å². The summed E-state index contributed by atoms with van der Waals surface area (Å²) >= 11 is 0. The second kappa shape index (κ2) is 8.21. The van der Waals surface area contributed by atoms with E-state index in [1.807, 2.05) is 30.3 Å². The molecule has 0 unspecified atom stereocenters. The number of hydrazone groups is 1. The lowest BCUT2D eigenvalue weighted by Gasteiger charge is -2.06. The molecule has 10 nitrogen and oxygen atoms in total. The van der Waals surface area contributed by atoms with Crippen LogP contribution in [-0.4, -0.2) is 36.5 Å². The molecule has 0 bridgehead atoms. The molecule has 2 aromatic carbocycles. The molecule has 1 amide bonds. The molecule has 0 fully saturated rings. The van der Waals surface area contributed by atoms with Crippen molar-refractivity contribution < 1.29 is 19.9 Å². The van der Waals surface area contributed by atoms with Crippen LogP contribution in [0.2, 0.25) is 0 Å². The molecule has 0 aliphatic carbocycles. The molecule has 3 aromatic rings. The number of aromatic hydroxyl groups is 2. The average molecular weight is 395 g/mol. The van der Waals surface area contributed by atoms with E-state index in [0.717, 1.165) is 17.7 Å². The van der Waals surface area contributed by atoms with E-state index in [2.05, 4.69) is 15.6 Å². The van der Waals surface area contributed by atoms with Crippen molar-refractivity contribution in [3.63, 3.8) is 0 Å². The number of aromatic nitrogens is 2. The molecular formula is C19H17N5O5. The summed E-state index contributed by atoms with van der Waals surface area (Å²) in [6.07, 6.45) is 0. The van der Waals surface area contributed by atoms with Crippen molar-refractivity contribution in [2.24, 2.45) is 5.10 Å². The highest BCUT2D eigenvalue weighted by atomic mass is 16.6. The van der Waals surface area contributed by atoms with Crippen molar-refractivity contribution in [3.05, 3.63) is 81.5 Å². The fourth-order valence-corrected chi connectivity index (χ4v) is 2.63. The van der Waals surface area contributed by atoms with Crippen LogP contribution in [0.3, 0.4) is 0 Å². The van der Waals surface area contributed by atoms with Gasteiger partial charge >= 0.3 is 5.82 Å². The molecule has 10 heteroatoms. The normalized spacial score (nSPS) is 11.3. The van der Waals surface area contributed by atoms with Gasteiger partial charge in [0, 0.05) is 11.6 Å². The summed E-state index contributed by atoms with van der Waals surface area (Å²) in [4.78, 5) is 23.0. The number of phenols is 2. The fraction of sp³-hybridized carbons (Fsp3) is 0.105. The van der Waals surface area contributed by atoms with E-state index in [-0.39, 0.29) is 29.4 Å². The third-order valence-electron chi connectivity index (χ3n) is 4.06. The van der Waals surface area contributed by atoms with E-state index in [4.69, 9.17) is 0 Å². The minimum Gasteiger partial charge on any atom is -0.508 e. The molecule has 0 aliphatic heterocycles. The van der Waals surface area contributed by atoms with Gasteiger partial charge in [-0.3, -0.25) is 4.79 Å². The largest absolute Gasteiger partial charge is 0.508 e. The van der Waals surface area contributed by atoms with Crippen LogP contribution in [0.5, 0.6) is 11.5 Å². The maximum Gasteiger partial charge on any atom is 0.390 e. The quantitative estimate of drug-likeness (QED) is 0.332. The smallest absolute Gasteiger partial charge is 0.390 e. The van der Waals surface area contributed by atoms with Crippen LogP contribution in [0.4, 0.5) is 5.82 Å². The standard InChI is InChI=1S/C19H17N5O5/c1-12(15-8-7-14(25)9-17(15)26)20-21-19(27)16-10-18(24(28)29)22-23(16)11-13-5-3-2-4-6-13/h2-10,25-26H,11H2,1H3,(H,21,27)/b20-12+. The van der Waals surface area contributed by atoms with E-state index in [9.17, 15) is 25.1 Å². The van der Waals surface area contributed by atoms with Crippen molar-refractivity contribution in [2.75, 3.05) is 0 Å². The summed E-state index contributed by atoms with van der Waals surface area (Å²) in [5.41, 5.74) is 3.68. The monoisotopic (exact) mass is 395 g/mol. The predicted molar refractivity (Wildman–Crippen MR) is 104 cm³/mol. The Morgan fingerprint density at radius 2 is 1.93 bits per heavy atom. The summed E-state index contributed by atoms with van der Waals surface area (Å²) < 4.78 is 1.23. The second-order valence-electron chi connectivity index (χ2n) is 6.13. The molecule has 0 saturated heterocycles. The number of nitrogens with zero attached hydrogens (tertiary/aromatic N) is 4. The molecule has 29 heavy (non-hydrogen) atoms. The SMILES string of the molecule is C/C(=N\NC(=O)c1cc([N+](=O)[O-])nn1Cc1ccccc1)c1ccc(O)cc1O. The van der Waals surface area contributed by atoms with Gasteiger partial charge < -0.3 is 20.3 Å². The summed E-state index contributed by atoms with van der Waals surface area (Å²) in [5, 5.41) is 38.1. The Labute approximate surface area is 164 Å². The van der Waals surface area contributed by atoms with Gasteiger partial charge in [-0.2, -0.15) is 9.78 Å². The van der Waals surface area contributed by atoms with Crippen LogP contribution in [0.25, 0.3) is 0 Å². The lowest BCUT2D eigenvalue weighted by molar-refractivity contribution is -0.389. The first-order valence-electron chi connectivity index (χ1n) is 8.48. The summed E-state index contributed by atoms with van der Waals surface area (Å²) in [5.74, 6) is -1.47. The first kappa shape index (κ1) is 19.5. The van der Waals surface area contributed by atoms with E-state index >= 15 is 0 Å². The number of nitro groups is 1. The van der Waals surface area contributed by atoms with Crippen molar-refractivity contribution >= 4 is 17.4 Å². The van der Waals surface area contributed by atoms with Gasteiger partial charge in [0.05, 0.1) is 23.4 Å². The van der Waals surface area contributed by atoms with Gasteiger partial charge in [0.2, 0.25) is 0 Å². The van der Waals surface area contributed by atoms with E-state index in [0.29, 0.717) is 5.56 Å². The molecule has 1 heterocycles. The zero-order valence-electron chi connectivity index (χ0n) is 15.3. The van der Waals surface area contributed by atoms with Crippen molar-refractivity contribution in [3.8, 4) is 11.5 Å². The minimum atomic E-state index is -0.695. The lowest BCUT2D eigenvalue weighted by Crippen LogP contribution is -2.23. The van der Waals surface area contributed by atoms with Gasteiger partial charge in [-0.1, -0.05) is 30.3 Å². The molecule has 3 N–H and O–H groups in total. The topological polar surface area (TPSA) is 143 Å². The van der Waals surface area contributed by atoms with Crippen molar-refractivity contribution in [1.29, 1.82) is 0 Å². The molecular weight excluding hydrogens is 378 g/mol. The maximum atomic E-state index is 12.6. The zero-order valence-corrected chi connectivity index (χ0v) is 15.3. The maximum absolute atomic E-state index is 12.6.